The Balaban J connectivity index is 3.79. The maximum atomic E-state index is 11.3. The Morgan fingerprint density at radius 2 is 2.33 bits per heavy atom. The molecule has 0 aliphatic heterocycles. The van der Waals surface area contributed by atoms with Gasteiger partial charge in [-0.1, -0.05) is 0 Å². The first-order valence-corrected chi connectivity index (χ1v) is 3.36. The number of hydrogen-bond donors (Lipinski definition) is 1. The van der Waals surface area contributed by atoms with Gasteiger partial charge < -0.3 is 0 Å². The van der Waals surface area contributed by atoms with Crippen LogP contribution in [0, 0.1) is 0 Å². The van der Waals surface area contributed by atoms with Crippen molar-refractivity contribution in [2.24, 2.45) is 5.16 Å². The van der Waals surface area contributed by atoms with Crippen molar-refractivity contribution in [2.75, 3.05) is 0 Å². The minimum Gasteiger partial charge on any atom is -0.288 e. The summed E-state index contributed by atoms with van der Waals surface area (Å²) in [7, 11) is -5.23. The molecule has 54 valence electrons. The lowest BCUT2D eigenvalue weighted by Gasteiger charge is -1.92. The van der Waals surface area contributed by atoms with Crippen LogP contribution in [0.1, 0.15) is 0 Å². The highest BCUT2D eigenvalue weighted by atomic mass is 35.5. The smallest absolute Gasteiger partial charge is 0.288 e. The van der Waals surface area contributed by atoms with Crippen LogP contribution in [0.25, 0.3) is 0 Å². The van der Waals surface area contributed by atoms with Crippen molar-refractivity contribution in [3.63, 3.8) is 0 Å². The lowest BCUT2D eigenvalue weighted by Crippen LogP contribution is -1.77. The third kappa shape index (κ3) is 7.81. The van der Waals surface area contributed by atoms with E-state index in [1.165, 1.54) is 0 Å². The quantitative estimate of drug-likeness (QED) is 0.397. The van der Waals surface area contributed by atoms with Crippen LogP contribution < -0.4 is 0 Å². The van der Waals surface area contributed by atoms with E-state index in [-0.39, 0.29) is 0 Å². The molecule has 0 aromatic carbocycles. The molecule has 1 N–H and O–H groups in total. The number of halogens is 3. The molecule has 0 aliphatic rings. The summed E-state index contributed by atoms with van der Waals surface area (Å²) in [6.45, 7) is 0. The predicted molar refractivity (Wildman–Crippen MR) is 26.4 cm³/mol. The maximum Gasteiger partial charge on any atom is 0.587 e. The monoisotopic (exact) mass is 179 g/mol. The summed E-state index contributed by atoms with van der Waals surface area (Å²) in [4.78, 5) is 7.60. The van der Waals surface area contributed by atoms with Crippen molar-refractivity contribution in [1.82, 2.24) is 0 Å². The van der Waals surface area contributed by atoms with Crippen molar-refractivity contribution in [3.8, 4) is 0 Å². The number of hydrogen-bond acceptors (Lipinski definition) is 3. The Labute approximate surface area is 53.7 Å². The summed E-state index contributed by atoms with van der Waals surface area (Å²) < 4.78 is 35.0. The van der Waals surface area contributed by atoms with Crippen molar-refractivity contribution >= 4 is 24.9 Å². The second-order valence-corrected chi connectivity index (χ2v) is 2.24. The van der Waals surface area contributed by atoms with Crippen LogP contribution in [0.3, 0.4) is 0 Å². The van der Waals surface area contributed by atoms with Gasteiger partial charge in [-0.2, -0.15) is 4.39 Å². The Hall–Kier alpha value is -0.190. The molecular weight excluding hydrogens is 178 g/mol. The Morgan fingerprint density at radius 1 is 1.89 bits per heavy atom. The summed E-state index contributed by atoms with van der Waals surface area (Å²) in [6, 6.07) is 0. The average molecular weight is 179 g/mol. The molecular formula is CHClF2NO3P. The molecule has 0 rings (SSSR count). The first kappa shape index (κ1) is 8.81. The molecule has 0 heterocycles. The molecule has 9 heavy (non-hydrogen) atoms. The Bertz CT molecular complexity index is 161. The van der Waals surface area contributed by atoms with Crippen LogP contribution >= 0.6 is 19.5 Å². The van der Waals surface area contributed by atoms with Crippen molar-refractivity contribution < 1.29 is 22.7 Å². The van der Waals surface area contributed by atoms with E-state index in [2.05, 4.69) is 16.2 Å². The molecule has 0 amide bonds. The number of rotatable bonds is 2. The predicted octanol–water partition coefficient (Wildman–Crippen LogP) is 1.55. The fourth-order valence-electron chi connectivity index (χ4n) is 0.0812. The van der Waals surface area contributed by atoms with Gasteiger partial charge in [0.1, 0.15) is 0 Å². The van der Waals surface area contributed by atoms with Crippen LogP contribution in [0.5, 0.6) is 0 Å². The second kappa shape index (κ2) is 3.10. The normalized spacial score (nSPS) is 18.9. The molecule has 0 bridgehead atoms. The van der Waals surface area contributed by atoms with Gasteiger partial charge in [-0.3, -0.25) is 9.52 Å². The van der Waals surface area contributed by atoms with Gasteiger partial charge in [0.15, 0.2) is 0 Å². The molecule has 0 radical (unpaired) electrons. The minimum absolute atomic E-state index is 1.65. The van der Waals surface area contributed by atoms with Gasteiger partial charge in [-0.25, -0.2) is 4.57 Å². The van der Waals surface area contributed by atoms with E-state index in [1.807, 2.05) is 5.16 Å². The van der Waals surface area contributed by atoms with Crippen LogP contribution in [0.2, 0.25) is 0 Å². The van der Waals surface area contributed by atoms with E-state index in [0.29, 0.717) is 0 Å². The van der Waals surface area contributed by atoms with E-state index in [4.69, 9.17) is 4.89 Å². The van der Waals surface area contributed by atoms with Crippen LogP contribution in [0.15, 0.2) is 5.16 Å². The molecule has 4 nitrogen and oxygen atoms in total. The first-order valence-electron chi connectivity index (χ1n) is 1.52. The van der Waals surface area contributed by atoms with Crippen molar-refractivity contribution in [3.05, 3.63) is 0 Å². The zero-order valence-electron chi connectivity index (χ0n) is 3.79. The van der Waals surface area contributed by atoms with Crippen molar-refractivity contribution in [2.45, 2.75) is 0 Å². The summed E-state index contributed by atoms with van der Waals surface area (Å²) in [5.41, 5.74) is -1.65. The maximum absolute atomic E-state index is 11.3. The third-order valence-electron chi connectivity index (χ3n) is 0.211. The zero-order chi connectivity index (χ0) is 7.49. The average Bonchev–Trinajstić information content (AvgIpc) is 1.59. The van der Waals surface area contributed by atoms with Gasteiger partial charge in [0.05, 0.1) is 0 Å². The third-order valence-corrected chi connectivity index (χ3v) is 0.563. The van der Waals surface area contributed by atoms with Gasteiger partial charge in [-0.05, 0) is 16.8 Å². The van der Waals surface area contributed by atoms with Gasteiger partial charge in [0.2, 0.25) is 0 Å². The zero-order valence-corrected chi connectivity index (χ0v) is 5.44. The Morgan fingerprint density at radius 3 is 2.44 bits per heavy atom. The molecule has 1 unspecified atom stereocenters. The SMILES string of the molecule is O=P(O)(F)ON=C(F)Cl. The molecule has 0 saturated carbocycles. The summed E-state index contributed by atoms with van der Waals surface area (Å²) in [5.74, 6) is 0. The van der Waals surface area contributed by atoms with Crippen LogP contribution in [0.4, 0.5) is 8.59 Å². The highest BCUT2D eigenvalue weighted by Crippen LogP contribution is 2.43. The summed E-state index contributed by atoms with van der Waals surface area (Å²) in [5, 5.41) is 2.02. The molecule has 1 atom stereocenters. The fraction of sp³-hybridized carbons (Fsp3) is 0. The van der Waals surface area contributed by atoms with Gasteiger partial charge in [0.25, 0.3) is 0 Å². The Kier molecular flexibility index (Phi) is 3.03. The van der Waals surface area contributed by atoms with E-state index < -0.39 is 13.3 Å². The molecule has 0 spiro atoms. The van der Waals surface area contributed by atoms with E-state index in [9.17, 15) is 13.2 Å². The first-order chi connectivity index (χ1) is 3.92. The van der Waals surface area contributed by atoms with Gasteiger partial charge >= 0.3 is 13.3 Å². The number of nitrogens with zero attached hydrogens (tertiary/aromatic N) is 1. The highest BCUT2D eigenvalue weighted by molar-refractivity contribution is 7.46. The standard InChI is InChI=1S/CHClF2NO3P/c2-1(3)5-8-9(4,6)7/h(H,6,7). The molecule has 0 aromatic heterocycles. The van der Waals surface area contributed by atoms with Gasteiger partial charge in [0, 0.05) is 0 Å². The molecule has 0 aliphatic carbocycles. The van der Waals surface area contributed by atoms with Gasteiger partial charge in [-0.15, -0.1) is 4.20 Å². The summed E-state index contributed by atoms with van der Waals surface area (Å²) >= 11 is 4.34. The second-order valence-electron chi connectivity index (χ2n) is 0.865. The highest BCUT2D eigenvalue weighted by Gasteiger charge is 2.18. The summed E-state index contributed by atoms with van der Waals surface area (Å²) in [6.07, 6.45) is 0. The molecule has 8 heteroatoms. The largest absolute Gasteiger partial charge is 0.587 e. The minimum atomic E-state index is -5.23. The van der Waals surface area contributed by atoms with E-state index in [0.717, 1.165) is 0 Å². The molecule has 0 aromatic rings. The topological polar surface area (TPSA) is 58.9 Å². The molecule has 0 saturated heterocycles. The number of oxime groups is 1. The molecule has 0 fully saturated rings. The van der Waals surface area contributed by atoms with Crippen LogP contribution in [-0.2, 0) is 9.19 Å². The van der Waals surface area contributed by atoms with E-state index >= 15 is 0 Å². The lowest BCUT2D eigenvalue weighted by molar-refractivity contribution is 0.235. The van der Waals surface area contributed by atoms with E-state index in [1.54, 1.807) is 0 Å². The lowest BCUT2D eigenvalue weighted by atomic mass is 11.6. The fourth-order valence-corrected chi connectivity index (χ4v) is 0.336. The van der Waals surface area contributed by atoms with Crippen molar-refractivity contribution in [1.29, 1.82) is 0 Å². The van der Waals surface area contributed by atoms with Crippen LogP contribution in [-0.4, -0.2) is 10.3 Å².